The first-order valence-electron chi connectivity index (χ1n) is 4.95. The lowest BCUT2D eigenvalue weighted by atomic mass is 10.0. The van der Waals surface area contributed by atoms with Crippen molar-refractivity contribution >= 4 is 23.2 Å². The Balaban J connectivity index is 2.56. The molecule has 0 aliphatic heterocycles. The van der Waals surface area contributed by atoms with E-state index in [0.29, 0.717) is 21.4 Å². The first-order chi connectivity index (χ1) is 8.13. The molecular formula is C13H10Cl2O2. The molecule has 0 unspecified atom stereocenters. The van der Waals surface area contributed by atoms with E-state index in [1.807, 2.05) is 0 Å². The molecule has 0 aromatic heterocycles. The number of rotatable bonds is 2. The van der Waals surface area contributed by atoms with Gasteiger partial charge in [0.25, 0.3) is 0 Å². The second-order valence-corrected chi connectivity index (χ2v) is 4.30. The van der Waals surface area contributed by atoms with Gasteiger partial charge in [-0.2, -0.15) is 0 Å². The van der Waals surface area contributed by atoms with Crippen LogP contribution in [0.5, 0.6) is 11.5 Å². The zero-order chi connectivity index (χ0) is 12.4. The van der Waals surface area contributed by atoms with Gasteiger partial charge >= 0.3 is 0 Å². The summed E-state index contributed by atoms with van der Waals surface area (Å²) in [7, 11) is 1.51. The first kappa shape index (κ1) is 12.1. The van der Waals surface area contributed by atoms with Crippen LogP contribution in [0.25, 0.3) is 11.1 Å². The zero-order valence-electron chi connectivity index (χ0n) is 9.08. The van der Waals surface area contributed by atoms with Crippen molar-refractivity contribution in [2.24, 2.45) is 0 Å². The Bertz CT molecular complexity index is 553. The van der Waals surface area contributed by atoms with Gasteiger partial charge in [-0.1, -0.05) is 41.4 Å². The van der Waals surface area contributed by atoms with Crippen molar-refractivity contribution in [1.29, 1.82) is 0 Å². The van der Waals surface area contributed by atoms with E-state index in [2.05, 4.69) is 0 Å². The summed E-state index contributed by atoms with van der Waals surface area (Å²) >= 11 is 11.8. The average Bonchev–Trinajstić information content (AvgIpc) is 2.33. The Kier molecular flexibility index (Phi) is 3.46. The summed E-state index contributed by atoms with van der Waals surface area (Å²) in [6.45, 7) is 0. The molecular weight excluding hydrogens is 259 g/mol. The molecule has 0 amide bonds. The lowest BCUT2D eigenvalue weighted by Crippen LogP contribution is -1.86. The van der Waals surface area contributed by atoms with Crippen molar-refractivity contribution in [2.45, 2.75) is 0 Å². The van der Waals surface area contributed by atoms with Crippen LogP contribution in [0, 0.1) is 0 Å². The topological polar surface area (TPSA) is 29.5 Å². The molecule has 2 aromatic carbocycles. The lowest BCUT2D eigenvalue weighted by Gasteiger charge is -2.09. The maximum Gasteiger partial charge on any atom is 0.165 e. The number of benzene rings is 2. The van der Waals surface area contributed by atoms with Crippen LogP contribution in [0.4, 0.5) is 0 Å². The van der Waals surface area contributed by atoms with Gasteiger partial charge in [-0.15, -0.1) is 0 Å². The highest BCUT2D eigenvalue weighted by Gasteiger charge is 2.10. The highest BCUT2D eigenvalue weighted by atomic mass is 35.5. The number of hydrogen-bond acceptors (Lipinski definition) is 2. The Labute approximate surface area is 109 Å². The molecule has 0 atom stereocenters. The largest absolute Gasteiger partial charge is 0.504 e. The van der Waals surface area contributed by atoms with Crippen molar-refractivity contribution in [1.82, 2.24) is 0 Å². The van der Waals surface area contributed by atoms with Crippen LogP contribution < -0.4 is 4.74 Å². The molecule has 1 N–H and O–H groups in total. The first-order valence-corrected chi connectivity index (χ1v) is 5.70. The SMILES string of the molecule is COc1cccc(-c2ccc(Cl)c(Cl)c2)c1O. The van der Waals surface area contributed by atoms with Crippen LogP contribution in [0.3, 0.4) is 0 Å². The van der Waals surface area contributed by atoms with E-state index in [-0.39, 0.29) is 5.75 Å². The summed E-state index contributed by atoms with van der Waals surface area (Å²) in [6, 6.07) is 10.5. The van der Waals surface area contributed by atoms with Gasteiger partial charge in [0.1, 0.15) is 0 Å². The van der Waals surface area contributed by atoms with Crippen LogP contribution in [0.1, 0.15) is 0 Å². The Hall–Kier alpha value is -1.38. The maximum atomic E-state index is 10.0. The second kappa shape index (κ2) is 4.86. The minimum absolute atomic E-state index is 0.0911. The van der Waals surface area contributed by atoms with Gasteiger partial charge in [0.2, 0.25) is 0 Å². The molecule has 0 aliphatic carbocycles. The third kappa shape index (κ3) is 2.33. The van der Waals surface area contributed by atoms with Gasteiger partial charge < -0.3 is 9.84 Å². The van der Waals surface area contributed by atoms with Gasteiger partial charge in [-0.25, -0.2) is 0 Å². The van der Waals surface area contributed by atoms with Crippen LogP contribution in [-0.2, 0) is 0 Å². The van der Waals surface area contributed by atoms with Crippen LogP contribution in [-0.4, -0.2) is 12.2 Å². The average molecular weight is 269 g/mol. The van der Waals surface area contributed by atoms with Crippen LogP contribution in [0.15, 0.2) is 36.4 Å². The molecule has 0 saturated heterocycles. The van der Waals surface area contributed by atoms with Gasteiger partial charge in [-0.05, 0) is 23.8 Å². The molecule has 0 heterocycles. The van der Waals surface area contributed by atoms with Gasteiger partial charge in [0, 0.05) is 5.56 Å². The second-order valence-electron chi connectivity index (χ2n) is 3.49. The fourth-order valence-electron chi connectivity index (χ4n) is 1.58. The number of phenolic OH excluding ortho intramolecular Hbond substituents is 1. The van der Waals surface area contributed by atoms with E-state index in [1.54, 1.807) is 36.4 Å². The molecule has 88 valence electrons. The molecule has 2 nitrogen and oxygen atoms in total. The Morgan fingerprint density at radius 2 is 1.82 bits per heavy atom. The lowest BCUT2D eigenvalue weighted by molar-refractivity contribution is 0.374. The third-order valence-corrected chi connectivity index (χ3v) is 3.19. The predicted octanol–water partition coefficient (Wildman–Crippen LogP) is 4.37. The summed E-state index contributed by atoms with van der Waals surface area (Å²) in [5, 5.41) is 10.9. The molecule has 0 fully saturated rings. The summed E-state index contributed by atoms with van der Waals surface area (Å²) in [5.74, 6) is 0.516. The maximum absolute atomic E-state index is 10.0. The van der Waals surface area contributed by atoms with Gasteiger partial charge in [0.15, 0.2) is 11.5 Å². The minimum atomic E-state index is 0.0911. The molecule has 0 spiro atoms. The minimum Gasteiger partial charge on any atom is -0.504 e. The number of para-hydroxylation sites is 1. The van der Waals surface area contributed by atoms with Gasteiger partial charge in [-0.3, -0.25) is 0 Å². The number of methoxy groups -OCH3 is 1. The number of ether oxygens (including phenoxy) is 1. The standard InChI is InChI=1S/C13H10Cl2O2/c1-17-12-4-2-3-9(13(12)16)8-5-6-10(14)11(15)7-8/h2-7,16H,1H3. The summed E-state index contributed by atoms with van der Waals surface area (Å²) in [6.07, 6.45) is 0. The van der Waals surface area contributed by atoms with Crippen molar-refractivity contribution in [3.63, 3.8) is 0 Å². The Morgan fingerprint density at radius 3 is 2.47 bits per heavy atom. The quantitative estimate of drug-likeness (QED) is 0.876. The smallest absolute Gasteiger partial charge is 0.165 e. The Morgan fingerprint density at radius 1 is 1.06 bits per heavy atom. The van der Waals surface area contributed by atoms with Crippen LogP contribution >= 0.6 is 23.2 Å². The molecule has 0 bridgehead atoms. The molecule has 2 aromatic rings. The molecule has 4 heteroatoms. The zero-order valence-corrected chi connectivity index (χ0v) is 10.6. The van der Waals surface area contributed by atoms with Crippen molar-refractivity contribution in [3.05, 3.63) is 46.4 Å². The molecule has 17 heavy (non-hydrogen) atoms. The number of phenols is 1. The monoisotopic (exact) mass is 268 g/mol. The van der Waals surface area contributed by atoms with Crippen molar-refractivity contribution in [3.8, 4) is 22.6 Å². The molecule has 0 saturated carbocycles. The van der Waals surface area contributed by atoms with Gasteiger partial charge in [0.05, 0.1) is 17.2 Å². The highest BCUT2D eigenvalue weighted by Crippen LogP contribution is 2.38. The van der Waals surface area contributed by atoms with E-state index >= 15 is 0 Å². The number of halogens is 2. The summed E-state index contributed by atoms with van der Waals surface area (Å²) < 4.78 is 5.05. The van der Waals surface area contributed by atoms with E-state index in [1.165, 1.54) is 7.11 Å². The summed E-state index contributed by atoms with van der Waals surface area (Å²) in [4.78, 5) is 0. The normalized spacial score (nSPS) is 10.3. The van der Waals surface area contributed by atoms with Crippen molar-refractivity contribution in [2.75, 3.05) is 7.11 Å². The molecule has 0 radical (unpaired) electrons. The van der Waals surface area contributed by atoms with Crippen LogP contribution in [0.2, 0.25) is 10.0 Å². The molecule has 2 rings (SSSR count). The highest BCUT2D eigenvalue weighted by molar-refractivity contribution is 6.42. The number of hydrogen-bond donors (Lipinski definition) is 1. The predicted molar refractivity (Wildman–Crippen MR) is 70.1 cm³/mol. The summed E-state index contributed by atoms with van der Waals surface area (Å²) in [5.41, 5.74) is 1.44. The van der Waals surface area contributed by atoms with E-state index in [4.69, 9.17) is 27.9 Å². The fourth-order valence-corrected chi connectivity index (χ4v) is 1.88. The third-order valence-electron chi connectivity index (χ3n) is 2.45. The van der Waals surface area contributed by atoms with E-state index < -0.39 is 0 Å². The van der Waals surface area contributed by atoms with E-state index in [0.717, 1.165) is 5.56 Å². The fraction of sp³-hybridized carbons (Fsp3) is 0.0769. The van der Waals surface area contributed by atoms with Crippen molar-refractivity contribution < 1.29 is 9.84 Å². The van der Waals surface area contributed by atoms with E-state index in [9.17, 15) is 5.11 Å². The molecule has 0 aliphatic rings. The number of aromatic hydroxyl groups is 1.